The first-order valence-corrected chi connectivity index (χ1v) is 33.9. The molecule has 0 saturated heterocycles. The molecule has 454 valence electrons. The molecule has 0 fully saturated rings. The van der Waals surface area contributed by atoms with Gasteiger partial charge in [-0.2, -0.15) is 0 Å². The number of nitrogens with zero attached hydrogens (tertiary/aromatic N) is 1. The van der Waals surface area contributed by atoms with Gasteiger partial charge >= 0.3 is 0 Å². The Morgan fingerprint density at radius 3 is 1.18 bits per heavy atom. The number of rotatable bonds is 58. The number of likely N-dealkylation sites (N-methyl/N-ethyl adjacent to an activating group) is 1. The minimum absolute atomic E-state index is 0.0127. The van der Waals surface area contributed by atoms with Crippen LogP contribution in [0, 0.1) is 0 Å². The lowest BCUT2D eigenvalue weighted by Gasteiger charge is -2.29. The average molecular weight is 1120 g/mol. The van der Waals surface area contributed by atoms with Crippen LogP contribution in [0.5, 0.6) is 0 Å². The topological polar surface area (TPSA) is 108 Å². The monoisotopic (exact) mass is 1120 g/mol. The molecule has 0 spiro atoms. The second-order valence-electron chi connectivity index (χ2n) is 22.7. The van der Waals surface area contributed by atoms with Crippen LogP contribution >= 0.6 is 7.82 Å². The highest BCUT2D eigenvalue weighted by Crippen LogP contribution is 2.38. The minimum Gasteiger partial charge on any atom is -0.756 e. The van der Waals surface area contributed by atoms with Crippen molar-refractivity contribution < 1.29 is 32.9 Å². The number of phosphoric ester groups is 1. The first-order chi connectivity index (χ1) is 38.5. The first kappa shape index (κ1) is 75.9. The van der Waals surface area contributed by atoms with Gasteiger partial charge in [-0.05, 0) is 103 Å². The number of aliphatic hydroxyl groups is 1. The zero-order chi connectivity index (χ0) is 57.7. The number of nitrogens with one attached hydrogen (secondary N) is 1. The quantitative estimate of drug-likeness (QED) is 0.0272. The van der Waals surface area contributed by atoms with Gasteiger partial charge in [0.1, 0.15) is 13.2 Å². The van der Waals surface area contributed by atoms with Crippen LogP contribution in [-0.4, -0.2) is 68.5 Å². The maximum absolute atomic E-state index is 13.0. The van der Waals surface area contributed by atoms with Gasteiger partial charge in [-0.1, -0.05) is 277 Å². The van der Waals surface area contributed by atoms with E-state index in [1.807, 2.05) is 27.2 Å². The molecule has 2 N–H and O–H groups in total. The Bertz CT molecular complexity index is 1700. The number of aliphatic hydroxyl groups excluding tert-OH is 1. The van der Waals surface area contributed by atoms with Crippen LogP contribution in [0.4, 0.5) is 0 Å². The molecule has 9 heteroatoms. The molecule has 0 aliphatic heterocycles. The van der Waals surface area contributed by atoms with Gasteiger partial charge in [0.25, 0.3) is 7.82 Å². The fourth-order valence-corrected chi connectivity index (χ4v) is 9.60. The van der Waals surface area contributed by atoms with Gasteiger partial charge in [-0.3, -0.25) is 9.36 Å². The van der Waals surface area contributed by atoms with Gasteiger partial charge in [0, 0.05) is 6.42 Å². The smallest absolute Gasteiger partial charge is 0.268 e. The molecule has 0 aliphatic rings. The molecule has 3 atom stereocenters. The number of carbonyl (C=O) groups excluding carboxylic acids is 1. The van der Waals surface area contributed by atoms with Crippen molar-refractivity contribution in [3.63, 3.8) is 0 Å². The Labute approximate surface area is 488 Å². The molecule has 1 amide bonds. The normalized spacial score (nSPS) is 14.6. The van der Waals surface area contributed by atoms with E-state index >= 15 is 0 Å². The summed E-state index contributed by atoms with van der Waals surface area (Å²) < 4.78 is 23.4. The zero-order valence-electron chi connectivity index (χ0n) is 51.8. The Balaban J connectivity index is 4.07. The van der Waals surface area contributed by atoms with Crippen LogP contribution in [-0.2, 0) is 18.4 Å². The van der Waals surface area contributed by atoms with E-state index in [0.29, 0.717) is 17.4 Å². The Kier molecular flexibility index (Phi) is 57.2. The third-order valence-electron chi connectivity index (χ3n) is 13.9. The number of phosphoric acid groups is 1. The van der Waals surface area contributed by atoms with Crippen LogP contribution in [0.15, 0.2) is 122 Å². The number of unbranched alkanes of at least 4 members (excludes halogenated alkanes) is 27. The molecule has 0 aliphatic carbocycles. The molecule has 3 unspecified atom stereocenters. The van der Waals surface area contributed by atoms with E-state index in [1.54, 1.807) is 6.08 Å². The van der Waals surface area contributed by atoms with E-state index < -0.39 is 26.6 Å². The lowest BCUT2D eigenvalue weighted by Crippen LogP contribution is -2.45. The SMILES string of the molecule is CC/C=C\C/C=C\C/C=C\C/C=C\C/C=C\C/C=C\C/C=C\CCCCCCCCCCCCCCCCCCCC(=O)NC(COP(=O)([O-])OCC[N+](C)(C)C)C(O)/C=C/CC/C=C/CC/C=C/CCCCCCCCCC. The lowest BCUT2D eigenvalue weighted by atomic mass is 10.0. The van der Waals surface area contributed by atoms with Gasteiger partial charge in [-0.25, -0.2) is 0 Å². The van der Waals surface area contributed by atoms with Crippen LogP contribution in [0.3, 0.4) is 0 Å². The first-order valence-electron chi connectivity index (χ1n) is 32.4. The molecule has 79 heavy (non-hydrogen) atoms. The van der Waals surface area contributed by atoms with Crippen molar-refractivity contribution in [2.75, 3.05) is 40.9 Å². The number of carbonyl (C=O) groups is 1. The second kappa shape index (κ2) is 59.5. The summed E-state index contributed by atoms with van der Waals surface area (Å²) in [4.78, 5) is 25.5. The summed E-state index contributed by atoms with van der Waals surface area (Å²) in [5.41, 5.74) is 0. The number of hydrogen-bond acceptors (Lipinski definition) is 6. The number of amides is 1. The van der Waals surface area contributed by atoms with Crippen molar-refractivity contribution in [3.05, 3.63) is 122 Å². The maximum atomic E-state index is 13.0. The van der Waals surface area contributed by atoms with Crippen molar-refractivity contribution in [2.45, 2.75) is 276 Å². The highest BCUT2D eigenvalue weighted by molar-refractivity contribution is 7.45. The van der Waals surface area contributed by atoms with Gasteiger partial charge in [0.15, 0.2) is 0 Å². The number of quaternary nitrogens is 1. The molecular weight excluding hydrogens is 996 g/mol. The summed E-state index contributed by atoms with van der Waals surface area (Å²) in [6, 6.07) is -0.916. The molecule has 0 aromatic rings. The van der Waals surface area contributed by atoms with E-state index in [1.165, 1.54) is 154 Å². The Morgan fingerprint density at radius 2 is 0.785 bits per heavy atom. The standard InChI is InChI=1S/C70H123N2O6P/c1-6-8-10-12-14-16-18-20-22-24-26-27-28-29-30-31-32-33-34-35-36-37-38-39-40-41-42-43-44-45-46-48-50-52-54-56-58-60-62-64-70(74)71-68(67-78-79(75,76)77-66-65-72(3,4)5)69(73)63-61-59-57-55-53-51-49-47-25-23-21-19-17-15-13-11-9-7-2/h8,10,14,16,20,22,25-27,29-30,32-33,35-36,47,53,55,61,63,68-69,73H,6-7,9,11-13,15,17-19,21,23-24,28,31,34,37-46,48-52,54,56-60,62,64-67H2,1-5H3,(H-,71,74,75,76)/b10-8-,16-14-,22-20-,27-26-,30-29-,33-32-,36-35-,47-25+,55-53+,63-61+. The molecular formula is C70H123N2O6P. The molecule has 0 radical (unpaired) electrons. The predicted octanol–water partition coefficient (Wildman–Crippen LogP) is 19.9. The van der Waals surface area contributed by atoms with Crippen molar-refractivity contribution in [1.82, 2.24) is 5.32 Å². The highest BCUT2D eigenvalue weighted by atomic mass is 31.2. The fourth-order valence-electron chi connectivity index (χ4n) is 8.87. The van der Waals surface area contributed by atoms with Crippen molar-refractivity contribution >= 4 is 13.7 Å². The highest BCUT2D eigenvalue weighted by Gasteiger charge is 2.23. The molecule has 0 aromatic heterocycles. The number of allylic oxidation sites excluding steroid dienone is 19. The largest absolute Gasteiger partial charge is 0.756 e. The lowest BCUT2D eigenvalue weighted by molar-refractivity contribution is -0.870. The fraction of sp³-hybridized carbons (Fsp3) is 0.700. The van der Waals surface area contributed by atoms with Gasteiger partial charge < -0.3 is 28.8 Å². The zero-order valence-corrected chi connectivity index (χ0v) is 52.7. The molecule has 0 bridgehead atoms. The van der Waals surface area contributed by atoms with Gasteiger partial charge in [0.05, 0.1) is 39.9 Å². The van der Waals surface area contributed by atoms with E-state index in [9.17, 15) is 19.4 Å². The van der Waals surface area contributed by atoms with E-state index in [-0.39, 0.29) is 12.5 Å². The van der Waals surface area contributed by atoms with Crippen LogP contribution in [0.2, 0.25) is 0 Å². The summed E-state index contributed by atoms with van der Waals surface area (Å²) in [7, 11) is 1.23. The van der Waals surface area contributed by atoms with Crippen LogP contribution < -0.4 is 10.2 Å². The van der Waals surface area contributed by atoms with E-state index in [2.05, 4.69) is 129 Å². The molecule has 0 heterocycles. The Hall–Kier alpha value is -3.10. The Morgan fingerprint density at radius 1 is 0.456 bits per heavy atom. The summed E-state index contributed by atoms with van der Waals surface area (Å²) in [6.07, 6.45) is 88.8. The average Bonchev–Trinajstić information content (AvgIpc) is 3.42. The maximum Gasteiger partial charge on any atom is 0.268 e. The van der Waals surface area contributed by atoms with Crippen molar-refractivity contribution in [2.24, 2.45) is 0 Å². The third-order valence-corrected chi connectivity index (χ3v) is 14.8. The molecule has 8 nitrogen and oxygen atoms in total. The van der Waals surface area contributed by atoms with E-state index in [0.717, 1.165) is 89.9 Å². The van der Waals surface area contributed by atoms with Gasteiger partial charge in [-0.15, -0.1) is 0 Å². The molecule has 0 saturated carbocycles. The minimum atomic E-state index is -4.62. The summed E-state index contributed by atoms with van der Waals surface area (Å²) in [5.74, 6) is -0.213. The second-order valence-corrected chi connectivity index (χ2v) is 24.1. The van der Waals surface area contributed by atoms with Crippen LogP contribution in [0.25, 0.3) is 0 Å². The van der Waals surface area contributed by atoms with Gasteiger partial charge in [0.2, 0.25) is 5.91 Å². The third kappa shape index (κ3) is 62.4. The molecule has 0 aromatic carbocycles. The predicted molar refractivity (Wildman–Crippen MR) is 343 cm³/mol. The summed E-state index contributed by atoms with van der Waals surface area (Å²) in [6.45, 7) is 4.50. The molecule has 0 rings (SSSR count). The summed E-state index contributed by atoms with van der Waals surface area (Å²) in [5, 5.41) is 13.9. The summed E-state index contributed by atoms with van der Waals surface area (Å²) >= 11 is 0. The van der Waals surface area contributed by atoms with Crippen molar-refractivity contribution in [3.8, 4) is 0 Å². The van der Waals surface area contributed by atoms with E-state index in [4.69, 9.17) is 9.05 Å². The number of hydrogen-bond donors (Lipinski definition) is 2. The van der Waals surface area contributed by atoms with Crippen LogP contribution in [0.1, 0.15) is 264 Å². The van der Waals surface area contributed by atoms with Crippen molar-refractivity contribution in [1.29, 1.82) is 0 Å².